The maximum absolute atomic E-state index is 6.98. The highest BCUT2D eigenvalue weighted by Crippen LogP contribution is 2.51. The number of benzene rings is 10. The van der Waals surface area contributed by atoms with E-state index >= 15 is 0 Å². The predicted octanol–water partition coefficient (Wildman–Crippen LogP) is 18.2. The van der Waals surface area contributed by atoms with Crippen LogP contribution in [0.3, 0.4) is 0 Å². The zero-order chi connectivity index (χ0) is 44.4. The van der Waals surface area contributed by atoms with E-state index in [0.717, 1.165) is 61.3 Å². The number of thiophene rings is 1. The van der Waals surface area contributed by atoms with E-state index in [1.807, 2.05) is 11.3 Å². The first-order valence-corrected chi connectivity index (χ1v) is 23.9. The molecule has 0 fully saturated rings. The fraction of sp³-hybridized carbons (Fsp3) is 0.0476. The molecule has 3 heterocycles. The molecule has 10 aromatic carbocycles. The van der Waals surface area contributed by atoms with Crippen molar-refractivity contribution in [2.24, 2.45) is 0 Å². The summed E-state index contributed by atoms with van der Waals surface area (Å²) in [4.78, 5) is 2.40. The van der Waals surface area contributed by atoms with Gasteiger partial charge in [0, 0.05) is 70.1 Å². The molecule has 1 aliphatic rings. The van der Waals surface area contributed by atoms with Gasteiger partial charge < -0.3 is 13.9 Å². The molecule has 0 spiro atoms. The van der Waals surface area contributed by atoms with Gasteiger partial charge in [0.1, 0.15) is 11.2 Å². The summed E-state index contributed by atoms with van der Waals surface area (Å²) in [6.07, 6.45) is 0. The van der Waals surface area contributed by atoms with Crippen LogP contribution in [0, 0.1) is 0 Å². The molecule has 0 radical (unpaired) electrons. The van der Waals surface area contributed by atoms with Crippen molar-refractivity contribution in [3.8, 4) is 39.1 Å². The molecule has 0 atom stereocenters. The van der Waals surface area contributed by atoms with Gasteiger partial charge in [-0.25, -0.2) is 0 Å². The van der Waals surface area contributed by atoms with Gasteiger partial charge in [0.05, 0.1) is 16.4 Å². The molecule has 0 unspecified atom stereocenters. The standard InChI is InChI=1S/C63H42N2OS/c1-63(2)54-20-10-6-16-46(54)47-34-32-45(37-55(47)63)64(42-28-24-40(25-29-42)39-14-4-3-5-15-39)43-30-26-41(27-31-43)51-38-53-48-17-7-11-21-56(48)65(61(53)60-50-19-8-12-22-57(50)66-62(51)60)44-33-35-59-52(36-44)49-18-9-13-23-58(49)67-59/h3-38H,1-2H3. The molecule has 4 heteroatoms. The smallest absolute Gasteiger partial charge is 0.145 e. The summed E-state index contributed by atoms with van der Waals surface area (Å²) < 4.78 is 12.0. The number of rotatable bonds is 6. The summed E-state index contributed by atoms with van der Waals surface area (Å²) in [5, 5.41) is 7.22. The molecular formula is C63H42N2OS. The molecule has 0 bridgehead atoms. The Hall–Kier alpha value is -8.18. The van der Waals surface area contributed by atoms with Gasteiger partial charge in [-0.1, -0.05) is 153 Å². The molecule has 0 saturated carbocycles. The molecule has 67 heavy (non-hydrogen) atoms. The second-order valence-corrected chi connectivity index (χ2v) is 19.5. The lowest BCUT2D eigenvalue weighted by atomic mass is 9.82. The van der Waals surface area contributed by atoms with Crippen molar-refractivity contribution in [2.45, 2.75) is 19.3 Å². The quantitative estimate of drug-likeness (QED) is 0.166. The van der Waals surface area contributed by atoms with Gasteiger partial charge in [0.15, 0.2) is 0 Å². The molecule has 3 nitrogen and oxygen atoms in total. The normalized spacial score (nSPS) is 13.0. The number of hydrogen-bond acceptors (Lipinski definition) is 3. The topological polar surface area (TPSA) is 21.3 Å². The maximum atomic E-state index is 6.98. The van der Waals surface area contributed by atoms with E-state index in [9.17, 15) is 0 Å². The van der Waals surface area contributed by atoms with Crippen molar-refractivity contribution < 1.29 is 4.42 Å². The SMILES string of the molecule is CC1(C)c2ccccc2-c2ccc(N(c3ccc(-c4ccccc4)cc3)c3ccc(-c4cc5c6ccccc6n(-c6ccc7sc8ccccc8c7c6)c5c5c4oc4ccccc45)cc3)cc21. The summed E-state index contributed by atoms with van der Waals surface area (Å²) in [5.74, 6) is 0. The first-order chi connectivity index (χ1) is 33.0. The van der Waals surface area contributed by atoms with E-state index in [0.29, 0.717) is 0 Å². The number of aromatic nitrogens is 1. The Bertz CT molecular complexity index is 4110. The van der Waals surface area contributed by atoms with E-state index in [1.165, 1.54) is 69.8 Å². The van der Waals surface area contributed by atoms with E-state index in [2.05, 4.69) is 242 Å². The van der Waals surface area contributed by atoms with Crippen molar-refractivity contribution in [1.82, 2.24) is 4.57 Å². The van der Waals surface area contributed by atoms with E-state index < -0.39 is 0 Å². The molecule has 0 N–H and O–H groups in total. The summed E-state index contributed by atoms with van der Waals surface area (Å²) >= 11 is 1.85. The first-order valence-electron chi connectivity index (χ1n) is 23.1. The molecule has 316 valence electrons. The number of anilines is 3. The van der Waals surface area contributed by atoms with Crippen molar-refractivity contribution in [3.63, 3.8) is 0 Å². The lowest BCUT2D eigenvalue weighted by molar-refractivity contribution is 0.660. The number of nitrogens with zero attached hydrogens (tertiary/aromatic N) is 2. The molecule has 14 rings (SSSR count). The third-order valence-corrected chi connectivity index (χ3v) is 15.5. The molecule has 13 aromatic rings. The average Bonchev–Trinajstić information content (AvgIpc) is 4.11. The van der Waals surface area contributed by atoms with Crippen molar-refractivity contribution in [3.05, 3.63) is 230 Å². The Morgan fingerprint density at radius 3 is 1.88 bits per heavy atom. The predicted molar refractivity (Wildman–Crippen MR) is 284 cm³/mol. The zero-order valence-electron chi connectivity index (χ0n) is 37.0. The maximum Gasteiger partial charge on any atom is 0.145 e. The van der Waals surface area contributed by atoms with Gasteiger partial charge in [-0.3, -0.25) is 0 Å². The number of hydrogen-bond donors (Lipinski definition) is 0. The van der Waals surface area contributed by atoms with Crippen LogP contribution in [0.1, 0.15) is 25.0 Å². The number of para-hydroxylation sites is 2. The minimum atomic E-state index is -0.126. The molecule has 0 saturated heterocycles. The minimum absolute atomic E-state index is 0.126. The second-order valence-electron chi connectivity index (χ2n) is 18.4. The van der Waals surface area contributed by atoms with Gasteiger partial charge in [-0.2, -0.15) is 0 Å². The molecule has 3 aromatic heterocycles. The van der Waals surface area contributed by atoms with Gasteiger partial charge in [0.2, 0.25) is 0 Å². The van der Waals surface area contributed by atoms with Gasteiger partial charge in [-0.15, -0.1) is 11.3 Å². The van der Waals surface area contributed by atoms with Crippen molar-refractivity contribution in [2.75, 3.05) is 4.90 Å². The summed E-state index contributed by atoms with van der Waals surface area (Å²) in [6, 6.07) is 80.0. The van der Waals surface area contributed by atoms with Crippen LogP contribution in [0.5, 0.6) is 0 Å². The number of fused-ring (bicyclic) bond motifs is 13. The van der Waals surface area contributed by atoms with Crippen LogP contribution >= 0.6 is 11.3 Å². The highest BCUT2D eigenvalue weighted by Gasteiger charge is 2.36. The molecule has 0 aliphatic heterocycles. The van der Waals surface area contributed by atoms with Gasteiger partial charge >= 0.3 is 0 Å². The van der Waals surface area contributed by atoms with Crippen LogP contribution in [-0.2, 0) is 5.41 Å². The monoisotopic (exact) mass is 874 g/mol. The van der Waals surface area contributed by atoms with Crippen LogP contribution in [0.4, 0.5) is 17.1 Å². The summed E-state index contributed by atoms with van der Waals surface area (Å²) in [6.45, 7) is 4.71. The summed E-state index contributed by atoms with van der Waals surface area (Å²) in [7, 11) is 0. The van der Waals surface area contributed by atoms with Crippen LogP contribution in [-0.4, -0.2) is 4.57 Å². The summed E-state index contributed by atoms with van der Waals surface area (Å²) in [5.41, 5.74) is 18.4. The largest absolute Gasteiger partial charge is 0.455 e. The third-order valence-electron chi connectivity index (χ3n) is 14.4. The Morgan fingerprint density at radius 2 is 1.06 bits per heavy atom. The third kappa shape index (κ3) is 5.70. The zero-order valence-corrected chi connectivity index (χ0v) is 37.8. The van der Waals surface area contributed by atoms with Crippen LogP contribution in [0.2, 0.25) is 0 Å². The Morgan fingerprint density at radius 1 is 0.433 bits per heavy atom. The fourth-order valence-electron chi connectivity index (χ4n) is 11.2. The highest BCUT2D eigenvalue weighted by atomic mass is 32.1. The van der Waals surface area contributed by atoms with Crippen molar-refractivity contribution >= 4 is 92.3 Å². The lowest BCUT2D eigenvalue weighted by Gasteiger charge is -2.28. The molecular weight excluding hydrogens is 833 g/mol. The van der Waals surface area contributed by atoms with Crippen LogP contribution in [0.15, 0.2) is 223 Å². The highest BCUT2D eigenvalue weighted by molar-refractivity contribution is 7.25. The van der Waals surface area contributed by atoms with Crippen LogP contribution in [0.25, 0.3) is 103 Å². The lowest BCUT2D eigenvalue weighted by Crippen LogP contribution is -2.16. The molecule has 0 amide bonds. The average molecular weight is 875 g/mol. The second kappa shape index (κ2) is 14.4. The van der Waals surface area contributed by atoms with E-state index in [4.69, 9.17) is 4.42 Å². The Labute approximate surface area is 392 Å². The molecule has 1 aliphatic carbocycles. The van der Waals surface area contributed by atoms with E-state index in [1.54, 1.807) is 0 Å². The minimum Gasteiger partial charge on any atom is -0.455 e. The first kappa shape index (κ1) is 38.1. The van der Waals surface area contributed by atoms with Crippen molar-refractivity contribution in [1.29, 1.82) is 0 Å². The van der Waals surface area contributed by atoms with Gasteiger partial charge in [0.25, 0.3) is 0 Å². The Kier molecular flexibility index (Phi) is 8.20. The van der Waals surface area contributed by atoms with Gasteiger partial charge in [-0.05, 0) is 118 Å². The van der Waals surface area contributed by atoms with E-state index in [-0.39, 0.29) is 5.41 Å². The van der Waals surface area contributed by atoms with Crippen LogP contribution < -0.4 is 4.90 Å². The fourth-order valence-corrected chi connectivity index (χ4v) is 12.3. The Balaban J connectivity index is 0.952. The number of furan rings is 1.